The predicted molar refractivity (Wildman–Crippen MR) is 65.6 cm³/mol. The van der Waals surface area contributed by atoms with Gasteiger partial charge in [0, 0.05) is 12.0 Å². The highest BCUT2D eigenvalue weighted by Gasteiger charge is 2.33. The number of anilines is 1. The molecule has 108 valence electrons. The van der Waals surface area contributed by atoms with Crippen LogP contribution in [0.3, 0.4) is 0 Å². The number of aliphatic hydroxyl groups excluding tert-OH is 1. The lowest BCUT2D eigenvalue weighted by molar-refractivity contribution is -0.141. The second-order valence-electron chi connectivity index (χ2n) is 4.52. The molecule has 0 amide bonds. The largest absolute Gasteiger partial charge is 0.435 e. The van der Waals surface area contributed by atoms with Crippen LogP contribution < -0.4 is 5.32 Å². The molecule has 19 heavy (non-hydrogen) atoms. The molecule has 0 unspecified atom stereocenters. The number of nitrogens with one attached hydrogen (secondary N) is 1. The van der Waals surface area contributed by atoms with E-state index in [9.17, 15) is 18.3 Å². The molecule has 1 aromatic rings. The number of hydrogen-bond donors (Lipinski definition) is 2. The van der Waals surface area contributed by atoms with Crippen molar-refractivity contribution in [2.24, 2.45) is 5.41 Å². The van der Waals surface area contributed by atoms with Crippen molar-refractivity contribution in [3.63, 3.8) is 0 Å². The molecule has 7 heteroatoms. The fourth-order valence-electron chi connectivity index (χ4n) is 1.64. The van der Waals surface area contributed by atoms with Crippen LogP contribution in [-0.4, -0.2) is 28.5 Å². The summed E-state index contributed by atoms with van der Waals surface area (Å²) in [7, 11) is 0. The Morgan fingerprint density at radius 2 is 1.79 bits per heavy atom. The summed E-state index contributed by atoms with van der Waals surface area (Å²) in [4.78, 5) is 0. The maximum atomic E-state index is 12.3. The molecule has 0 aliphatic heterocycles. The minimum Gasteiger partial charge on any atom is -0.396 e. The van der Waals surface area contributed by atoms with Crippen molar-refractivity contribution < 1.29 is 18.3 Å². The van der Waals surface area contributed by atoms with Gasteiger partial charge in [-0.05, 0) is 25.0 Å². The Hall–Kier alpha value is -1.37. The molecule has 0 saturated carbocycles. The molecule has 0 aliphatic rings. The summed E-state index contributed by atoms with van der Waals surface area (Å²) in [6.07, 6.45) is -2.95. The zero-order valence-electron chi connectivity index (χ0n) is 11.0. The molecule has 1 heterocycles. The highest BCUT2D eigenvalue weighted by Crippen LogP contribution is 2.28. The van der Waals surface area contributed by atoms with Crippen LogP contribution in [0.15, 0.2) is 12.1 Å². The van der Waals surface area contributed by atoms with Crippen LogP contribution in [0, 0.1) is 5.41 Å². The van der Waals surface area contributed by atoms with Crippen molar-refractivity contribution in [3.05, 3.63) is 17.8 Å². The zero-order valence-corrected chi connectivity index (χ0v) is 11.0. The molecule has 2 N–H and O–H groups in total. The molecule has 1 rings (SSSR count). The van der Waals surface area contributed by atoms with Gasteiger partial charge in [-0.1, -0.05) is 13.8 Å². The Balaban J connectivity index is 2.69. The first kappa shape index (κ1) is 15.7. The molecule has 0 aliphatic carbocycles. The smallest absolute Gasteiger partial charge is 0.396 e. The first-order chi connectivity index (χ1) is 8.87. The van der Waals surface area contributed by atoms with E-state index >= 15 is 0 Å². The van der Waals surface area contributed by atoms with Crippen molar-refractivity contribution in [3.8, 4) is 0 Å². The summed E-state index contributed by atoms with van der Waals surface area (Å²) in [6, 6.07) is 2.12. The van der Waals surface area contributed by atoms with E-state index in [-0.39, 0.29) is 17.8 Å². The summed E-state index contributed by atoms with van der Waals surface area (Å²) >= 11 is 0. The minimum atomic E-state index is -4.48. The standard InChI is InChI=1S/C12H18F3N3O/c1-3-11(4-2,8-19)7-16-10-6-5-9(17-18-10)12(13,14)15/h5-6,19H,3-4,7-8H2,1-2H3,(H,16,18). The summed E-state index contributed by atoms with van der Waals surface area (Å²) < 4.78 is 36.9. The zero-order chi connectivity index (χ0) is 14.5. The number of aromatic nitrogens is 2. The fourth-order valence-corrected chi connectivity index (χ4v) is 1.64. The lowest BCUT2D eigenvalue weighted by atomic mass is 9.83. The van der Waals surface area contributed by atoms with E-state index in [2.05, 4.69) is 15.5 Å². The van der Waals surface area contributed by atoms with Gasteiger partial charge in [0.1, 0.15) is 5.82 Å². The molecule has 0 fully saturated rings. The molecular weight excluding hydrogens is 259 g/mol. The summed E-state index contributed by atoms with van der Waals surface area (Å²) in [5, 5.41) is 18.9. The minimum absolute atomic E-state index is 0.0149. The molecule has 1 aromatic heterocycles. The van der Waals surface area contributed by atoms with E-state index < -0.39 is 11.9 Å². The SMILES string of the molecule is CCC(CC)(CO)CNc1ccc(C(F)(F)F)nn1. The van der Waals surface area contributed by atoms with Gasteiger partial charge in [-0.3, -0.25) is 0 Å². The van der Waals surface area contributed by atoms with Crippen molar-refractivity contribution in [1.29, 1.82) is 0 Å². The van der Waals surface area contributed by atoms with E-state index in [0.717, 1.165) is 18.9 Å². The number of aliphatic hydroxyl groups is 1. The van der Waals surface area contributed by atoms with Crippen LogP contribution in [0.2, 0.25) is 0 Å². The highest BCUT2D eigenvalue weighted by atomic mass is 19.4. The number of nitrogens with zero attached hydrogens (tertiary/aromatic N) is 2. The average molecular weight is 277 g/mol. The first-order valence-corrected chi connectivity index (χ1v) is 6.12. The van der Waals surface area contributed by atoms with Crippen LogP contribution in [-0.2, 0) is 6.18 Å². The third-order valence-corrected chi connectivity index (χ3v) is 3.43. The molecule has 0 aromatic carbocycles. The van der Waals surface area contributed by atoms with E-state index in [1.807, 2.05) is 13.8 Å². The topological polar surface area (TPSA) is 58.0 Å². The van der Waals surface area contributed by atoms with Crippen LogP contribution in [0.1, 0.15) is 32.4 Å². The molecule has 0 radical (unpaired) electrons. The van der Waals surface area contributed by atoms with Crippen LogP contribution >= 0.6 is 0 Å². The number of alkyl halides is 3. The second kappa shape index (κ2) is 6.18. The number of rotatable bonds is 6. The Kier molecular flexibility index (Phi) is 5.11. The Morgan fingerprint density at radius 1 is 1.16 bits per heavy atom. The van der Waals surface area contributed by atoms with Gasteiger partial charge in [-0.25, -0.2) is 0 Å². The lowest BCUT2D eigenvalue weighted by Crippen LogP contribution is -2.32. The van der Waals surface area contributed by atoms with Gasteiger partial charge in [0.25, 0.3) is 0 Å². The van der Waals surface area contributed by atoms with Crippen molar-refractivity contribution in [1.82, 2.24) is 10.2 Å². The molecule has 0 spiro atoms. The Morgan fingerprint density at radius 3 is 2.16 bits per heavy atom. The van der Waals surface area contributed by atoms with Gasteiger partial charge in [0.2, 0.25) is 0 Å². The van der Waals surface area contributed by atoms with Gasteiger partial charge < -0.3 is 10.4 Å². The summed E-state index contributed by atoms with van der Waals surface area (Å²) in [5.41, 5.74) is -1.30. The molecule has 4 nitrogen and oxygen atoms in total. The van der Waals surface area contributed by atoms with E-state index in [0.29, 0.717) is 6.54 Å². The van der Waals surface area contributed by atoms with Crippen molar-refractivity contribution in [2.75, 3.05) is 18.5 Å². The Labute approximate surface area is 110 Å². The summed E-state index contributed by atoms with van der Waals surface area (Å²) in [6.45, 7) is 4.37. The normalized spacial score (nSPS) is 12.5. The first-order valence-electron chi connectivity index (χ1n) is 6.12. The Bertz CT molecular complexity index is 380. The third-order valence-electron chi connectivity index (χ3n) is 3.43. The quantitative estimate of drug-likeness (QED) is 0.839. The maximum Gasteiger partial charge on any atom is 0.435 e. The van der Waals surface area contributed by atoms with E-state index in [1.54, 1.807) is 0 Å². The van der Waals surface area contributed by atoms with E-state index in [1.165, 1.54) is 6.07 Å². The van der Waals surface area contributed by atoms with Crippen LogP contribution in [0.25, 0.3) is 0 Å². The lowest BCUT2D eigenvalue weighted by Gasteiger charge is -2.29. The summed E-state index contributed by atoms with van der Waals surface area (Å²) in [5.74, 6) is 0.271. The molecular formula is C12H18F3N3O. The average Bonchev–Trinajstić information content (AvgIpc) is 2.40. The van der Waals surface area contributed by atoms with Crippen molar-refractivity contribution in [2.45, 2.75) is 32.9 Å². The highest BCUT2D eigenvalue weighted by molar-refractivity contribution is 5.33. The number of halogens is 3. The van der Waals surface area contributed by atoms with Gasteiger partial charge >= 0.3 is 6.18 Å². The van der Waals surface area contributed by atoms with Crippen LogP contribution in [0.4, 0.5) is 19.0 Å². The fraction of sp³-hybridized carbons (Fsp3) is 0.667. The van der Waals surface area contributed by atoms with Crippen LogP contribution in [0.5, 0.6) is 0 Å². The van der Waals surface area contributed by atoms with Gasteiger partial charge in [-0.15, -0.1) is 10.2 Å². The van der Waals surface area contributed by atoms with Gasteiger partial charge in [-0.2, -0.15) is 13.2 Å². The van der Waals surface area contributed by atoms with Gasteiger partial charge in [0.15, 0.2) is 5.69 Å². The van der Waals surface area contributed by atoms with Gasteiger partial charge in [0.05, 0.1) is 6.61 Å². The van der Waals surface area contributed by atoms with E-state index in [4.69, 9.17) is 0 Å². The maximum absolute atomic E-state index is 12.3. The van der Waals surface area contributed by atoms with Crippen molar-refractivity contribution >= 4 is 5.82 Å². The molecule has 0 saturated heterocycles. The number of hydrogen-bond acceptors (Lipinski definition) is 4. The molecule has 0 atom stereocenters. The molecule has 0 bridgehead atoms. The predicted octanol–water partition coefficient (Wildman–Crippen LogP) is 2.71. The second-order valence-corrected chi connectivity index (χ2v) is 4.52. The monoisotopic (exact) mass is 277 g/mol. The third kappa shape index (κ3) is 4.05.